The van der Waals surface area contributed by atoms with Gasteiger partial charge in [-0.15, -0.1) is 0 Å². The first-order chi connectivity index (χ1) is 9.47. The second-order valence-corrected chi connectivity index (χ2v) is 4.43. The molecule has 0 atom stereocenters. The highest BCUT2D eigenvalue weighted by molar-refractivity contribution is 6.59. The van der Waals surface area contributed by atoms with Gasteiger partial charge in [-0.25, -0.2) is 8.78 Å². The van der Waals surface area contributed by atoms with E-state index >= 15 is 0 Å². The molecular weight excluding hydrogens is 265 g/mol. The molecule has 20 heavy (non-hydrogen) atoms. The molecule has 2 rings (SSSR count). The molecule has 2 N–H and O–H groups in total. The maximum atomic E-state index is 13.0. The van der Waals surface area contributed by atoms with E-state index in [1.54, 1.807) is 25.1 Å². The summed E-state index contributed by atoms with van der Waals surface area (Å²) >= 11 is 0. The lowest BCUT2D eigenvalue weighted by Crippen LogP contribution is -2.31. The van der Waals surface area contributed by atoms with E-state index in [9.17, 15) is 8.78 Å². The molecule has 0 amide bonds. The van der Waals surface area contributed by atoms with Crippen LogP contribution >= 0.6 is 0 Å². The second kappa shape index (κ2) is 6.03. The Morgan fingerprint density at radius 1 is 1.05 bits per heavy atom. The summed E-state index contributed by atoms with van der Waals surface area (Å²) in [6, 6.07) is 8.34. The molecule has 0 aliphatic rings. The number of hydrogen-bond donors (Lipinski definition) is 2. The Hall–Kier alpha value is -1.92. The van der Waals surface area contributed by atoms with Crippen molar-refractivity contribution in [3.05, 3.63) is 59.2 Å². The molecule has 104 valence electrons. The van der Waals surface area contributed by atoms with Crippen LogP contribution in [0.25, 0.3) is 0 Å². The van der Waals surface area contributed by atoms with Crippen LogP contribution in [0.1, 0.15) is 11.1 Å². The van der Waals surface area contributed by atoms with Gasteiger partial charge in [0.15, 0.2) is 11.6 Å². The smallest absolute Gasteiger partial charge is 0.488 e. The van der Waals surface area contributed by atoms with Crippen molar-refractivity contribution in [1.29, 1.82) is 0 Å². The van der Waals surface area contributed by atoms with E-state index in [4.69, 9.17) is 14.8 Å². The topological polar surface area (TPSA) is 49.7 Å². The van der Waals surface area contributed by atoms with Crippen molar-refractivity contribution >= 4 is 12.6 Å². The SMILES string of the molecule is Cc1cc(OCc2ccc(F)c(F)c2)ccc1B(O)O. The van der Waals surface area contributed by atoms with Crippen LogP contribution in [-0.4, -0.2) is 17.2 Å². The standard InChI is InChI=1S/C14H13BF2O3/c1-9-6-11(3-4-12(9)15(18)19)20-8-10-2-5-13(16)14(17)7-10/h2-7,18-19H,8H2,1H3. The van der Waals surface area contributed by atoms with Crippen molar-refractivity contribution in [1.82, 2.24) is 0 Å². The van der Waals surface area contributed by atoms with Gasteiger partial charge in [-0.3, -0.25) is 0 Å². The van der Waals surface area contributed by atoms with Crippen LogP contribution in [0.3, 0.4) is 0 Å². The molecule has 0 radical (unpaired) electrons. The molecule has 2 aromatic rings. The highest BCUT2D eigenvalue weighted by Gasteiger charge is 2.14. The van der Waals surface area contributed by atoms with Gasteiger partial charge in [0.05, 0.1) is 0 Å². The predicted molar refractivity (Wildman–Crippen MR) is 71.7 cm³/mol. The molecule has 0 aromatic heterocycles. The predicted octanol–water partition coefficient (Wildman–Crippen LogP) is 1.53. The number of halogens is 2. The first-order valence-electron chi connectivity index (χ1n) is 6.01. The summed E-state index contributed by atoms with van der Waals surface area (Å²) in [7, 11) is -1.53. The Morgan fingerprint density at radius 3 is 2.40 bits per heavy atom. The van der Waals surface area contributed by atoms with E-state index in [0.29, 0.717) is 22.3 Å². The Morgan fingerprint density at radius 2 is 1.80 bits per heavy atom. The summed E-state index contributed by atoms with van der Waals surface area (Å²) in [5, 5.41) is 18.2. The molecule has 0 bridgehead atoms. The van der Waals surface area contributed by atoms with E-state index in [1.165, 1.54) is 6.07 Å². The van der Waals surface area contributed by atoms with Gasteiger partial charge in [0.1, 0.15) is 12.4 Å². The Labute approximate surface area is 115 Å². The van der Waals surface area contributed by atoms with Crippen molar-refractivity contribution in [2.75, 3.05) is 0 Å². The molecule has 0 aliphatic carbocycles. The molecule has 0 saturated heterocycles. The zero-order valence-electron chi connectivity index (χ0n) is 10.8. The van der Waals surface area contributed by atoms with E-state index in [1.807, 2.05) is 0 Å². The van der Waals surface area contributed by atoms with Crippen LogP contribution in [0, 0.1) is 18.6 Å². The van der Waals surface area contributed by atoms with Crippen LogP contribution in [0.5, 0.6) is 5.75 Å². The Balaban J connectivity index is 2.07. The molecule has 3 nitrogen and oxygen atoms in total. The molecule has 0 unspecified atom stereocenters. The van der Waals surface area contributed by atoms with Crippen LogP contribution in [0.15, 0.2) is 36.4 Å². The van der Waals surface area contributed by atoms with E-state index in [2.05, 4.69) is 0 Å². The summed E-state index contributed by atoms with van der Waals surface area (Å²) in [5.41, 5.74) is 1.57. The lowest BCUT2D eigenvalue weighted by molar-refractivity contribution is 0.305. The Bertz CT molecular complexity index is 617. The Kier molecular flexibility index (Phi) is 4.37. The first-order valence-corrected chi connectivity index (χ1v) is 6.01. The van der Waals surface area contributed by atoms with Gasteiger partial charge in [0, 0.05) is 0 Å². The first kappa shape index (κ1) is 14.5. The maximum absolute atomic E-state index is 13.0. The molecule has 0 heterocycles. The van der Waals surface area contributed by atoms with Crippen LogP contribution in [0.2, 0.25) is 0 Å². The highest BCUT2D eigenvalue weighted by Crippen LogP contribution is 2.15. The fourth-order valence-electron chi connectivity index (χ4n) is 1.82. The van der Waals surface area contributed by atoms with Crippen LogP contribution < -0.4 is 10.2 Å². The monoisotopic (exact) mass is 278 g/mol. The second-order valence-electron chi connectivity index (χ2n) is 4.43. The zero-order valence-corrected chi connectivity index (χ0v) is 10.8. The van der Waals surface area contributed by atoms with E-state index < -0.39 is 18.8 Å². The molecular formula is C14H13BF2O3. The third-order valence-corrected chi connectivity index (χ3v) is 2.91. The number of benzene rings is 2. The van der Waals surface area contributed by atoms with Crippen molar-refractivity contribution in [2.45, 2.75) is 13.5 Å². The average Bonchev–Trinajstić information content (AvgIpc) is 2.40. The van der Waals surface area contributed by atoms with Crippen molar-refractivity contribution in [2.24, 2.45) is 0 Å². The summed E-state index contributed by atoms with van der Waals surface area (Å²) in [5.74, 6) is -1.30. The fourth-order valence-corrected chi connectivity index (χ4v) is 1.82. The largest absolute Gasteiger partial charge is 0.489 e. The van der Waals surface area contributed by atoms with Crippen molar-refractivity contribution < 1.29 is 23.6 Å². The number of hydrogen-bond acceptors (Lipinski definition) is 3. The van der Waals surface area contributed by atoms with Crippen LogP contribution in [0.4, 0.5) is 8.78 Å². The molecule has 6 heteroatoms. The van der Waals surface area contributed by atoms with Gasteiger partial charge in [-0.1, -0.05) is 12.1 Å². The summed E-state index contributed by atoms with van der Waals surface area (Å²) < 4.78 is 31.2. The third kappa shape index (κ3) is 3.34. The van der Waals surface area contributed by atoms with Gasteiger partial charge in [-0.05, 0) is 47.8 Å². The molecule has 0 fully saturated rings. The molecule has 0 spiro atoms. The minimum Gasteiger partial charge on any atom is -0.489 e. The highest BCUT2D eigenvalue weighted by atomic mass is 19.2. The molecule has 0 saturated carbocycles. The lowest BCUT2D eigenvalue weighted by atomic mass is 9.77. The summed E-state index contributed by atoms with van der Waals surface area (Å²) in [6.07, 6.45) is 0. The maximum Gasteiger partial charge on any atom is 0.488 e. The van der Waals surface area contributed by atoms with Crippen LogP contribution in [-0.2, 0) is 6.61 Å². The van der Waals surface area contributed by atoms with Gasteiger partial charge < -0.3 is 14.8 Å². The number of aryl methyl sites for hydroxylation is 1. The van der Waals surface area contributed by atoms with E-state index in [-0.39, 0.29) is 6.61 Å². The molecule has 2 aromatic carbocycles. The fraction of sp³-hybridized carbons (Fsp3) is 0.143. The number of rotatable bonds is 4. The summed E-state index contributed by atoms with van der Waals surface area (Å²) in [6.45, 7) is 1.82. The third-order valence-electron chi connectivity index (χ3n) is 2.91. The minimum atomic E-state index is -1.53. The van der Waals surface area contributed by atoms with Gasteiger partial charge in [0.25, 0.3) is 0 Å². The minimum absolute atomic E-state index is 0.0949. The van der Waals surface area contributed by atoms with E-state index in [0.717, 1.165) is 12.1 Å². The molecule has 0 aliphatic heterocycles. The lowest BCUT2D eigenvalue weighted by Gasteiger charge is -2.10. The van der Waals surface area contributed by atoms with Crippen molar-refractivity contribution in [3.8, 4) is 5.75 Å². The van der Waals surface area contributed by atoms with Gasteiger partial charge in [-0.2, -0.15) is 0 Å². The van der Waals surface area contributed by atoms with Gasteiger partial charge in [0.2, 0.25) is 0 Å². The zero-order chi connectivity index (χ0) is 14.7. The quantitative estimate of drug-likeness (QED) is 0.834. The number of ether oxygens (including phenoxy) is 1. The van der Waals surface area contributed by atoms with Gasteiger partial charge >= 0.3 is 7.12 Å². The average molecular weight is 278 g/mol. The normalized spacial score (nSPS) is 10.4. The summed E-state index contributed by atoms with van der Waals surface area (Å²) in [4.78, 5) is 0. The van der Waals surface area contributed by atoms with Crippen molar-refractivity contribution in [3.63, 3.8) is 0 Å².